The molecule has 0 bridgehead atoms. The van der Waals surface area contributed by atoms with Crippen molar-refractivity contribution in [3.63, 3.8) is 0 Å². The third kappa shape index (κ3) is 7.69. The first-order valence-corrected chi connectivity index (χ1v) is 10.8. The molecule has 1 aromatic carbocycles. The van der Waals surface area contributed by atoms with Gasteiger partial charge in [-0.25, -0.2) is 4.98 Å². The predicted molar refractivity (Wildman–Crippen MR) is 106 cm³/mol. The van der Waals surface area contributed by atoms with Crippen molar-refractivity contribution in [1.82, 2.24) is 9.55 Å². The Bertz CT molecular complexity index is 528. The fourth-order valence-corrected chi connectivity index (χ4v) is 4.89. The van der Waals surface area contributed by atoms with Crippen LogP contribution in [0.1, 0.15) is 31.7 Å². The van der Waals surface area contributed by atoms with Gasteiger partial charge in [-0.2, -0.15) is 23.5 Å². The van der Waals surface area contributed by atoms with Crippen molar-refractivity contribution in [3.05, 3.63) is 53.6 Å². The molecule has 2 rings (SSSR count). The number of imidazole rings is 1. The Morgan fingerprint density at radius 1 is 1.22 bits per heavy atom. The molecular formula is C18H25ClN2S2. The van der Waals surface area contributed by atoms with Crippen molar-refractivity contribution in [3.8, 4) is 0 Å². The van der Waals surface area contributed by atoms with Crippen LogP contribution in [0.15, 0.2) is 43.0 Å². The van der Waals surface area contributed by atoms with Gasteiger partial charge in [0.2, 0.25) is 0 Å². The zero-order chi connectivity index (χ0) is 16.3. The molecule has 0 amide bonds. The van der Waals surface area contributed by atoms with Gasteiger partial charge in [0.25, 0.3) is 0 Å². The van der Waals surface area contributed by atoms with Crippen LogP contribution in [-0.4, -0.2) is 26.3 Å². The average molecular weight is 369 g/mol. The molecule has 0 aliphatic rings. The van der Waals surface area contributed by atoms with Crippen LogP contribution in [0.2, 0.25) is 5.02 Å². The van der Waals surface area contributed by atoms with Crippen LogP contribution < -0.4 is 0 Å². The zero-order valence-electron chi connectivity index (χ0n) is 13.7. The van der Waals surface area contributed by atoms with E-state index < -0.39 is 0 Å². The summed E-state index contributed by atoms with van der Waals surface area (Å²) in [4.78, 5) is 4.16. The Morgan fingerprint density at radius 2 is 2.04 bits per heavy atom. The molecule has 0 saturated carbocycles. The predicted octanol–water partition coefficient (Wildman–Crippen LogP) is 5.76. The molecule has 0 radical (unpaired) electrons. The Morgan fingerprint density at radius 3 is 2.74 bits per heavy atom. The lowest BCUT2D eigenvalue weighted by Gasteiger charge is -2.17. The quantitative estimate of drug-likeness (QED) is 0.469. The maximum atomic E-state index is 5.96. The van der Waals surface area contributed by atoms with Crippen molar-refractivity contribution in [1.29, 1.82) is 0 Å². The summed E-state index contributed by atoms with van der Waals surface area (Å²) in [6.07, 6.45) is 9.80. The molecule has 1 heterocycles. The van der Waals surface area contributed by atoms with Gasteiger partial charge in [-0.15, -0.1) is 0 Å². The minimum atomic E-state index is 0.603. The molecular weight excluding hydrogens is 344 g/mol. The number of hydrogen-bond donors (Lipinski definition) is 0. The second-order valence-corrected chi connectivity index (χ2v) is 8.48. The number of thioether (sulfide) groups is 2. The number of unbranched alkanes of at least 4 members (excludes halogenated alkanes) is 2. The van der Waals surface area contributed by atoms with Gasteiger partial charge in [0.05, 0.1) is 6.33 Å². The lowest BCUT2D eigenvalue weighted by molar-refractivity contribution is 0.695. The van der Waals surface area contributed by atoms with E-state index in [1.54, 1.807) is 0 Å². The molecule has 2 aromatic rings. The van der Waals surface area contributed by atoms with E-state index in [2.05, 4.69) is 46.6 Å². The number of halogens is 1. The number of benzene rings is 1. The van der Waals surface area contributed by atoms with Gasteiger partial charge in [0, 0.05) is 40.7 Å². The fraction of sp³-hybridized carbons (Fsp3) is 0.500. The molecule has 0 saturated heterocycles. The van der Waals surface area contributed by atoms with Crippen molar-refractivity contribution >= 4 is 35.1 Å². The summed E-state index contributed by atoms with van der Waals surface area (Å²) in [5.74, 6) is 3.50. The molecule has 1 aromatic heterocycles. The highest BCUT2D eigenvalue weighted by Gasteiger charge is 2.11. The number of aromatic nitrogens is 2. The second-order valence-electron chi connectivity index (χ2n) is 5.60. The smallest absolute Gasteiger partial charge is 0.0946 e. The Balaban J connectivity index is 1.80. The van der Waals surface area contributed by atoms with E-state index in [1.807, 2.05) is 36.4 Å². The molecule has 2 nitrogen and oxygen atoms in total. The van der Waals surface area contributed by atoms with E-state index in [9.17, 15) is 0 Å². The second kappa shape index (κ2) is 11.1. The molecule has 23 heavy (non-hydrogen) atoms. The lowest BCUT2D eigenvalue weighted by Crippen LogP contribution is -2.15. The highest BCUT2D eigenvalue weighted by molar-refractivity contribution is 8.03. The van der Waals surface area contributed by atoms with E-state index in [0.29, 0.717) is 5.25 Å². The summed E-state index contributed by atoms with van der Waals surface area (Å²) in [7, 11) is 0. The van der Waals surface area contributed by atoms with Crippen LogP contribution in [0, 0.1) is 0 Å². The van der Waals surface area contributed by atoms with Crippen LogP contribution in [-0.2, 0) is 12.3 Å². The van der Waals surface area contributed by atoms with Crippen LogP contribution in [0.3, 0.4) is 0 Å². The molecule has 0 spiro atoms. The highest BCUT2D eigenvalue weighted by Crippen LogP contribution is 2.24. The molecule has 0 fully saturated rings. The SMILES string of the molecule is CCCCCSCC(Cn1ccnc1)SCc1ccc(Cl)cc1. The first-order chi connectivity index (χ1) is 11.3. The van der Waals surface area contributed by atoms with Crippen molar-refractivity contribution in [2.45, 2.75) is 43.7 Å². The fourth-order valence-electron chi connectivity index (χ4n) is 2.25. The van der Waals surface area contributed by atoms with Crippen LogP contribution in [0.5, 0.6) is 0 Å². The molecule has 5 heteroatoms. The van der Waals surface area contributed by atoms with E-state index in [4.69, 9.17) is 11.6 Å². The number of hydrogen-bond acceptors (Lipinski definition) is 3. The third-order valence-corrected chi connectivity index (χ3v) is 6.53. The van der Waals surface area contributed by atoms with Crippen LogP contribution in [0.25, 0.3) is 0 Å². The highest BCUT2D eigenvalue weighted by atomic mass is 35.5. The van der Waals surface area contributed by atoms with Gasteiger partial charge < -0.3 is 4.57 Å². The summed E-state index contributed by atoms with van der Waals surface area (Å²) in [5, 5.41) is 1.41. The minimum Gasteiger partial charge on any atom is -0.336 e. The molecule has 0 aliphatic heterocycles. The Kier molecular flexibility index (Phi) is 9.02. The maximum Gasteiger partial charge on any atom is 0.0946 e. The zero-order valence-corrected chi connectivity index (χ0v) is 16.0. The van der Waals surface area contributed by atoms with E-state index in [-0.39, 0.29) is 0 Å². The van der Waals surface area contributed by atoms with Gasteiger partial charge in [0.1, 0.15) is 0 Å². The Hall–Kier alpha value is -0.580. The van der Waals surface area contributed by atoms with E-state index in [1.165, 1.54) is 36.3 Å². The standard InChI is InChI=1S/C18H25ClN2S2/c1-2-3-4-11-22-14-18(12-21-10-9-20-15-21)23-13-16-5-7-17(19)8-6-16/h5-10,15,18H,2-4,11-14H2,1H3. The molecule has 0 N–H and O–H groups in total. The van der Waals surface area contributed by atoms with Crippen LogP contribution >= 0.6 is 35.1 Å². The summed E-state index contributed by atoms with van der Waals surface area (Å²) in [6, 6.07) is 8.19. The largest absolute Gasteiger partial charge is 0.336 e. The normalized spacial score (nSPS) is 12.4. The summed E-state index contributed by atoms with van der Waals surface area (Å²) < 4.78 is 2.19. The summed E-state index contributed by atoms with van der Waals surface area (Å²) >= 11 is 10.1. The number of nitrogens with zero attached hydrogens (tertiary/aromatic N) is 2. The van der Waals surface area contributed by atoms with E-state index in [0.717, 1.165) is 17.3 Å². The minimum absolute atomic E-state index is 0.603. The maximum absolute atomic E-state index is 5.96. The Labute approximate surface area is 153 Å². The number of rotatable bonds is 11. The summed E-state index contributed by atoms with van der Waals surface area (Å²) in [5.41, 5.74) is 1.34. The van der Waals surface area contributed by atoms with Gasteiger partial charge in [-0.3, -0.25) is 0 Å². The van der Waals surface area contributed by atoms with E-state index >= 15 is 0 Å². The van der Waals surface area contributed by atoms with Gasteiger partial charge >= 0.3 is 0 Å². The van der Waals surface area contributed by atoms with Crippen molar-refractivity contribution in [2.24, 2.45) is 0 Å². The van der Waals surface area contributed by atoms with Crippen molar-refractivity contribution < 1.29 is 0 Å². The van der Waals surface area contributed by atoms with Crippen molar-refractivity contribution in [2.75, 3.05) is 11.5 Å². The first kappa shape index (κ1) is 18.8. The topological polar surface area (TPSA) is 17.8 Å². The van der Waals surface area contributed by atoms with Gasteiger partial charge in [-0.05, 0) is 29.9 Å². The average Bonchev–Trinajstić information content (AvgIpc) is 3.06. The molecule has 1 unspecified atom stereocenters. The first-order valence-electron chi connectivity index (χ1n) is 8.17. The van der Waals surface area contributed by atoms with Gasteiger partial charge in [0.15, 0.2) is 0 Å². The molecule has 1 atom stereocenters. The van der Waals surface area contributed by atoms with Crippen LogP contribution in [0.4, 0.5) is 0 Å². The summed E-state index contributed by atoms with van der Waals surface area (Å²) in [6.45, 7) is 3.29. The third-order valence-electron chi connectivity index (χ3n) is 3.57. The lowest BCUT2D eigenvalue weighted by atomic mass is 10.2. The molecule has 126 valence electrons. The molecule has 0 aliphatic carbocycles. The monoisotopic (exact) mass is 368 g/mol. The van der Waals surface area contributed by atoms with Gasteiger partial charge in [-0.1, -0.05) is 43.5 Å².